The molecule has 0 bridgehead atoms. The number of likely N-dealkylation sites (tertiary alicyclic amines) is 1. The second-order valence-corrected chi connectivity index (χ2v) is 15.1. The summed E-state index contributed by atoms with van der Waals surface area (Å²) in [6.45, 7) is 16.7. The molecule has 2 aliphatic heterocycles. The molecule has 4 nitrogen and oxygen atoms in total. The van der Waals surface area contributed by atoms with Gasteiger partial charge in [0.05, 0.1) is 6.61 Å². The highest BCUT2D eigenvalue weighted by atomic mass is 79.9. The van der Waals surface area contributed by atoms with Gasteiger partial charge >= 0.3 is 0 Å². The van der Waals surface area contributed by atoms with E-state index < -0.39 is 8.32 Å². The molecule has 0 spiro atoms. The van der Waals surface area contributed by atoms with Gasteiger partial charge in [0, 0.05) is 29.7 Å². The van der Waals surface area contributed by atoms with E-state index in [1.54, 1.807) is 0 Å². The molecule has 3 rings (SSSR count). The predicted molar refractivity (Wildman–Crippen MR) is 117 cm³/mol. The van der Waals surface area contributed by atoms with Crippen LogP contribution in [0.4, 0.5) is 0 Å². The molecule has 1 fully saturated rings. The van der Waals surface area contributed by atoms with E-state index in [1.807, 2.05) is 11.0 Å². The van der Waals surface area contributed by atoms with Crippen molar-refractivity contribution in [3.05, 3.63) is 33.3 Å². The first-order valence-corrected chi connectivity index (χ1v) is 13.8. The van der Waals surface area contributed by atoms with Crippen LogP contribution in [0.2, 0.25) is 18.1 Å². The Balaban J connectivity index is 1.67. The molecule has 0 saturated carbocycles. The second-order valence-electron chi connectivity index (χ2n) is 9.43. The second kappa shape index (κ2) is 7.97. The summed E-state index contributed by atoms with van der Waals surface area (Å²) in [5.74, 6) is 0.166. The number of rotatable bonds is 6. The minimum atomic E-state index is -1.81. The van der Waals surface area contributed by atoms with Gasteiger partial charge in [0.1, 0.15) is 0 Å². The predicted octanol–water partition coefficient (Wildman–Crippen LogP) is 5.02. The lowest BCUT2D eigenvalue weighted by Crippen LogP contribution is -2.40. The average molecular weight is 453 g/mol. The highest BCUT2D eigenvalue weighted by Gasteiger charge is 2.37. The zero-order valence-corrected chi connectivity index (χ0v) is 20.0. The zero-order valence-electron chi connectivity index (χ0n) is 17.4. The Bertz CT molecular complexity index is 709. The molecule has 2 heterocycles. The Labute approximate surface area is 173 Å². The van der Waals surface area contributed by atoms with Crippen LogP contribution in [0.15, 0.2) is 16.6 Å². The van der Waals surface area contributed by atoms with E-state index in [0.29, 0.717) is 13.2 Å². The van der Waals surface area contributed by atoms with Gasteiger partial charge in [0.2, 0.25) is 0 Å². The molecule has 0 aromatic heterocycles. The van der Waals surface area contributed by atoms with Gasteiger partial charge in [-0.3, -0.25) is 4.79 Å². The van der Waals surface area contributed by atoms with Crippen molar-refractivity contribution >= 4 is 30.2 Å². The largest absolute Gasteiger partial charge is 0.413 e. The van der Waals surface area contributed by atoms with Crippen LogP contribution in [-0.4, -0.2) is 50.2 Å². The first-order valence-electron chi connectivity index (χ1n) is 10.1. The van der Waals surface area contributed by atoms with E-state index in [-0.39, 0.29) is 10.9 Å². The molecule has 2 aliphatic rings. The van der Waals surface area contributed by atoms with E-state index in [1.165, 1.54) is 25.9 Å². The monoisotopic (exact) mass is 452 g/mol. The van der Waals surface area contributed by atoms with Crippen molar-refractivity contribution in [2.75, 3.05) is 26.2 Å². The summed E-state index contributed by atoms with van der Waals surface area (Å²) < 4.78 is 7.39. The van der Waals surface area contributed by atoms with E-state index in [0.717, 1.165) is 34.3 Å². The quantitative estimate of drug-likeness (QED) is 0.567. The molecule has 0 N–H and O–H groups in total. The number of hydrogen-bond acceptors (Lipinski definition) is 3. The van der Waals surface area contributed by atoms with Crippen LogP contribution in [0.25, 0.3) is 0 Å². The number of carbonyl (C=O) groups excluding carboxylic acids is 1. The number of benzene rings is 1. The number of halogens is 1. The van der Waals surface area contributed by atoms with Gasteiger partial charge in [-0.1, -0.05) is 36.7 Å². The minimum Gasteiger partial charge on any atom is -0.413 e. The molecule has 1 aromatic carbocycles. The molecule has 1 saturated heterocycles. The maximum Gasteiger partial charge on any atom is 0.254 e. The van der Waals surface area contributed by atoms with Crippen molar-refractivity contribution in [2.45, 2.75) is 64.9 Å². The number of nitrogens with zero attached hydrogens (tertiary/aromatic N) is 2. The SMILES string of the molecule is CC(C)(C)[Si](C)(C)OCc1cc(Br)c2c(c1)C(=O)N(CCN1CCCC1)C2. The van der Waals surface area contributed by atoms with Gasteiger partial charge in [0.15, 0.2) is 8.32 Å². The number of hydrogen-bond donors (Lipinski definition) is 0. The lowest BCUT2D eigenvalue weighted by atomic mass is 10.1. The Hall–Kier alpha value is -0.693. The molecular formula is C21H33BrN2O2Si. The molecule has 0 atom stereocenters. The third-order valence-corrected chi connectivity index (χ3v) is 11.6. The molecule has 0 unspecified atom stereocenters. The Morgan fingerprint density at radius 1 is 1.15 bits per heavy atom. The Morgan fingerprint density at radius 3 is 2.44 bits per heavy atom. The third-order valence-electron chi connectivity index (χ3n) is 6.41. The summed E-state index contributed by atoms with van der Waals surface area (Å²) in [5, 5.41) is 0.184. The molecule has 150 valence electrons. The van der Waals surface area contributed by atoms with Crippen LogP contribution in [-0.2, 0) is 17.6 Å². The minimum absolute atomic E-state index is 0.166. The molecule has 27 heavy (non-hydrogen) atoms. The molecule has 1 amide bonds. The van der Waals surface area contributed by atoms with Crippen molar-refractivity contribution in [3.8, 4) is 0 Å². The molecule has 1 aromatic rings. The highest BCUT2D eigenvalue weighted by Crippen LogP contribution is 2.38. The van der Waals surface area contributed by atoms with Gasteiger partial charge < -0.3 is 14.2 Å². The fourth-order valence-corrected chi connectivity index (χ4v) is 5.08. The van der Waals surface area contributed by atoms with Crippen molar-refractivity contribution in [1.82, 2.24) is 9.80 Å². The van der Waals surface area contributed by atoms with Crippen molar-refractivity contribution < 1.29 is 9.22 Å². The molecule has 6 heteroatoms. The standard InChI is InChI=1S/C21H33BrN2O2Si/c1-21(2,3)27(4,5)26-15-16-12-17-18(19(22)13-16)14-24(20(17)25)11-10-23-8-6-7-9-23/h12-13H,6-11,14-15H2,1-5H3. The zero-order chi connectivity index (χ0) is 19.8. The molecular weight excluding hydrogens is 420 g/mol. The summed E-state index contributed by atoms with van der Waals surface area (Å²) >= 11 is 3.70. The van der Waals surface area contributed by atoms with E-state index >= 15 is 0 Å². The van der Waals surface area contributed by atoms with Gasteiger partial charge in [-0.15, -0.1) is 0 Å². The number of carbonyl (C=O) groups is 1. The summed E-state index contributed by atoms with van der Waals surface area (Å²) in [4.78, 5) is 17.4. The maximum absolute atomic E-state index is 12.9. The number of amides is 1. The van der Waals surface area contributed by atoms with E-state index in [4.69, 9.17) is 4.43 Å². The fourth-order valence-electron chi connectivity index (χ4n) is 3.49. The van der Waals surface area contributed by atoms with Crippen LogP contribution in [0.5, 0.6) is 0 Å². The van der Waals surface area contributed by atoms with E-state index in [9.17, 15) is 4.79 Å². The summed E-state index contributed by atoms with van der Waals surface area (Å²) in [6, 6.07) is 4.18. The highest BCUT2D eigenvalue weighted by molar-refractivity contribution is 9.10. The van der Waals surface area contributed by atoms with Gasteiger partial charge in [0.25, 0.3) is 5.91 Å². The normalized spacial score (nSPS) is 18.4. The first-order chi connectivity index (χ1) is 12.6. The van der Waals surface area contributed by atoms with Crippen LogP contribution in [0.1, 0.15) is 55.1 Å². The smallest absolute Gasteiger partial charge is 0.254 e. The van der Waals surface area contributed by atoms with Crippen molar-refractivity contribution in [2.24, 2.45) is 0 Å². The third kappa shape index (κ3) is 4.66. The lowest BCUT2D eigenvalue weighted by Gasteiger charge is -2.36. The van der Waals surface area contributed by atoms with Crippen molar-refractivity contribution in [1.29, 1.82) is 0 Å². The fraction of sp³-hybridized carbons (Fsp3) is 0.667. The number of fused-ring (bicyclic) bond motifs is 1. The Morgan fingerprint density at radius 2 is 1.81 bits per heavy atom. The molecule has 0 radical (unpaired) electrons. The Kier molecular flexibility index (Phi) is 6.21. The van der Waals surface area contributed by atoms with Gasteiger partial charge in [-0.2, -0.15) is 0 Å². The topological polar surface area (TPSA) is 32.8 Å². The maximum atomic E-state index is 12.9. The van der Waals surface area contributed by atoms with Crippen LogP contribution in [0.3, 0.4) is 0 Å². The van der Waals surface area contributed by atoms with Gasteiger partial charge in [-0.05, 0) is 67.3 Å². The average Bonchev–Trinajstić information content (AvgIpc) is 3.19. The summed E-state index contributed by atoms with van der Waals surface area (Å²) in [7, 11) is -1.81. The van der Waals surface area contributed by atoms with Gasteiger partial charge in [-0.25, -0.2) is 0 Å². The van der Waals surface area contributed by atoms with E-state index in [2.05, 4.69) is 60.8 Å². The van der Waals surface area contributed by atoms with Crippen LogP contribution < -0.4 is 0 Å². The summed E-state index contributed by atoms with van der Waals surface area (Å²) in [5.41, 5.74) is 3.05. The summed E-state index contributed by atoms with van der Waals surface area (Å²) in [6.07, 6.45) is 2.58. The van der Waals surface area contributed by atoms with Crippen LogP contribution in [0, 0.1) is 0 Å². The first kappa shape index (κ1) is 21.0. The van der Waals surface area contributed by atoms with Crippen LogP contribution >= 0.6 is 15.9 Å². The lowest BCUT2D eigenvalue weighted by molar-refractivity contribution is 0.0763. The molecule has 0 aliphatic carbocycles. The van der Waals surface area contributed by atoms with Crippen molar-refractivity contribution in [3.63, 3.8) is 0 Å².